The van der Waals surface area contributed by atoms with Crippen molar-refractivity contribution in [3.8, 4) is 5.69 Å². The lowest BCUT2D eigenvalue weighted by atomic mass is 10.2. The van der Waals surface area contributed by atoms with Crippen LogP contribution in [0.2, 0.25) is 0 Å². The van der Waals surface area contributed by atoms with Gasteiger partial charge in [0.15, 0.2) is 11.5 Å². The average molecular weight is 452 g/mol. The number of nitrogens with one attached hydrogen (secondary N) is 2. The fraction of sp³-hybridized carbons (Fsp3) is 0.100. The summed E-state index contributed by atoms with van der Waals surface area (Å²) in [6, 6.07) is 12.9. The van der Waals surface area contributed by atoms with Crippen LogP contribution in [0.3, 0.4) is 0 Å². The number of para-hydroxylation sites is 1. The molecule has 2 aromatic carbocycles. The molecule has 0 aliphatic carbocycles. The maximum Gasteiger partial charge on any atom is 0.182 e. The van der Waals surface area contributed by atoms with Crippen LogP contribution < -0.4 is 5.32 Å². The molecule has 0 fully saturated rings. The molecule has 5 aromatic rings. The Morgan fingerprint density at radius 2 is 1.93 bits per heavy atom. The fourth-order valence-corrected chi connectivity index (χ4v) is 3.88. The SMILES string of the molecule is Fc1ccc2nc(CCNc3ncnc4nc[nH]c34)n(-c3ccccc3)c2c1Br. The van der Waals surface area contributed by atoms with Crippen molar-refractivity contribution in [2.75, 3.05) is 11.9 Å². The fourth-order valence-electron chi connectivity index (χ4n) is 3.37. The topological polar surface area (TPSA) is 84.3 Å². The van der Waals surface area contributed by atoms with E-state index in [1.807, 2.05) is 34.9 Å². The van der Waals surface area contributed by atoms with E-state index in [2.05, 4.69) is 41.2 Å². The molecule has 0 atom stereocenters. The third-order valence-electron chi connectivity index (χ3n) is 4.66. The van der Waals surface area contributed by atoms with Crippen LogP contribution in [0.5, 0.6) is 0 Å². The van der Waals surface area contributed by atoms with Crippen molar-refractivity contribution in [3.63, 3.8) is 0 Å². The molecule has 0 unspecified atom stereocenters. The number of imidazole rings is 2. The predicted octanol–water partition coefficient (Wildman–Crippen LogP) is 4.25. The summed E-state index contributed by atoms with van der Waals surface area (Å²) in [5.41, 5.74) is 3.74. The zero-order valence-electron chi connectivity index (χ0n) is 15.1. The number of H-pyrrole nitrogens is 1. The maximum absolute atomic E-state index is 14.2. The van der Waals surface area contributed by atoms with Gasteiger partial charge in [0, 0.05) is 18.7 Å². The smallest absolute Gasteiger partial charge is 0.182 e. The van der Waals surface area contributed by atoms with E-state index in [-0.39, 0.29) is 5.82 Å². The van der Waals surface area contributed by atoms with Crippen LogP contribution in [0.25, 0.3) is 27.9 Å². The Morgan fingerprint density at radius 1 is 1.07 bits per heavy atom. The van der Waals surface area contributed by atoms with Crippen LogP contribution in [0.15, 0.2) is 59.6 Å². The van der Waals surface area contributed by atoms with Gasteiger partial charge in [0.25, 0.3) is 0 Å². The number of rotatable bonds is 5. The number of benzene rings is 2. The Morgan fingerprint density at radius 3 is 2.79 bits per heavy atom. The third kappa shape index (κ3) is 3.13. The molecule has 0 bridgehead atoms. The molecular formula is C20H15BrFN7. The molecule has 0 saturated heterocycles. The summed E-state index contributed by atoms with van der Waals surface area (Å²) in [5, 5.41) is 3.31. The summed E-state index contributed by atoms with van der Waals surface area (Å²) in [6.45, 7) is 0.585. The summed E-state index contributed by atoms with van der Waals surface area (Å²) in [7, 11) is 0. The highest BCUT2D eigenvalue weighted by atomic mass is 79.9. The maximum atomic E-state index is 14.2. The van der Waals surface area contributed by atoms with Crippen molar-refractivity contribution < 1.29 is 4.39 Å². The van der Waals surface area contributed by atoms with Crippen molar-refractivity contribution in [1.29, 1.82) is 0 Å². The van der Waals surface area contributed by atoms with E-state index in [4.69, 9.17) is 4.98 Å². The number of anilines is 1. The van der Waals surface area contributed by atoms with Crippen LogP contribution in [0.1, 0.15) is 5.82 Å². The first-order valence-electron chi connectivity index (χ1n) is 9.01. The first-order chi connectivity index (χ1) is 14.2. The number of aromatic nitrogens is 6. The van der Waals surface area contributed by atoms with Gasteiger partial charge < -0.3 is 10.3 Å². The second kappa shape index (κ2) is 7.25. The number of hydrogen-bond donors (Lipinski definition) is 2. The molecule has 2 N–H and O–H groups in total. The second-order valence-electron chi connectivity index (χ2n) is 6.43. The summed E-state index contributed by atoms with van der Waals surface area (Å²) in [5.74, 6) is 1.18. The van der Waals surface area contributed by atoms with Gasteiger partial charge in [-0.05, 0) is 40.2 Å². The van der Waals surface area contributed by atoms with E-state index in [1.54, 1.807) is 12.4 Å². The minimum atomic E-state index is -0.318. The highest BCUT2D eigenvalue weighted by Crippen LogP contribution is 2.30. The van der Waals surface area contributed by atoms with Gasteiger partial charge in [0.05, 0.1) is 21.8 Å². The van der Waals surface area contributed by atoms with E-state index in [1.165, 1.54) is 12.4 Å². The van der Waals surface area contributed by atoms with Crippen molar-refractivity contribution in [2.45, 2.75) is 6.42 Å². The van der Waals surface area contributed by atoms with Crippen LogP contribution in [-0.4, -0.2) is 36.0 Å². The van der Waals surface area contributed by atoms with E-state index in [9.17, 15) is 4.39 Å². The molecule has 0 saturated carbocycles. The van der Waals surface area contributed by atoms with Crippen molar-refractivity contribution >= 4 is 43.9 Å². The van der Waals surface area contributed by atoms with Crippen LogP contribution in [0, 0.1) is 5.82 Å². The van der Waals surface area contributed by atoms with Gasteiger partial charge in [0.1, 0.15) is 23.5 Å². The molecule has 5 rings (SSSR count). The monoisotopic (exact) mass is 451 g/mol. The van der Waals surface area contributed by atoms with Gasteiger partial charge in [-0.25, -0.2) is 24.3 Å². The average Bonchev–Trinajstić information content (AvgIpc) is 3.37. The van der Waals surface area contributed by atoms with Gasteiger partial charge in [0.2, 0.25) is 0 Å². The lowest BCUT2D eigenvalue weighted by Crippen LogP contribution is -2.11. The molecule has 0 spiro atoms. The Kier molecular flexibility index (Phi) is 4.44. The van der Waals surface area contributed by atoms with E-state index >= 15 is 0 Å². The largest absolute Gasteiger partial charge is 0.368 e. The lowest BCUT2D eigenvalue weighted by Gasteiger charge is -2.11. The van der Waals surface area contributed by atoms with E-state index in [0.717, 1.165) is 22.5 Å². The van der Waals surface area contributed by atoms with Crippen molar-refractivity contribution in [3.05, 3.63) is 71.2 Å². The van der Waals surface area contributed by atoms with Gasteiger partial charge in [-0.1, -0.05) is 18.2 Å². The number of fused-ring (bicyclic) bond motifs is 2. The molecule has 0 aliphatic heterocycles. The molecule has 144 valence electrons. The Labute approximate surface area is 173 Å². The van der Waals surface area contributed by atoms with E-state index < -0.39 is 0 Å². The van der Waals surface area contributed by atoms with Gasteiger partial charge >= 0.3 is 0 Å². The highest BCUT2D eigenvalue weighted by Gasteiger charge is 2.17. The first kappa shape index (κ1) is 17.7. The Bertz CT molecular complexity index is 1310. The summed E-state index contributed by atoms with van der Waals surface area (Å²) in [4.78, 5) is 20.3. The molecule has 3 heterocycles. The molecule has 9 heteroatoms. The van der Waals surface area contributed by atoms with Crippen LogP contribution in [0.4, 0.5) is 10.2 Å². The molecule has 29 heavy (non-hydrogen) atoms. The zero-order valence-corrected chi connectivity index (χ0v) is 16.7. The Hall–Kier alpha value is -3.33. The first-order valence-corrected chi connectivity index (χ1v) is 9.80. The lowest BCUT2D eigenvalue weighted by molar-refractivity contribution is 0.622. The molecular weight excluding hydrogens is 437 g/mol. The molecule has 3 aromatic heterocycles. The number of halogens is 2. The van der Waals surface area contributed by atoms with Crippen LogP contribution >= 0.6 is 15.9 Å². The third-order valence-corrected chi connectivity index (χ3v) is 5.41. The number of nitrogens with zero attached hydrogens (tertiary/aromatic N) is 5. The Balaban J connectivity index is 1.51. The molecule has 7 nitrogen and oxygen atoms in total. The minimum Gasteiger partial charge on any atom is -0.368 e. The predicted molar refractivity (Wildman–Crippen MR) is 113 cm³/mol. The zero-order chi connectivity index (χ0) is 19.8. The van der Waals surface area contributed by atoms with Crippen molar-refractivity contribution in [1.82, 2.24) is 29.5 Å². The summed E-state index contributed by atoms with van der Waals surface area (Å²) in [6.07, 6.45) is 3.67. The van der Waals surface area contributed by atoms with Gasteiger partial charge in [-0.3, -0.25) is 4.57 Å². The molecule has 0 amide bonds. The molecule has 0 radical (unpaired) electrons. The summed E-state index contributed by atoms with van der Waals surface area (Å²) >= 11 is 3.39. The number of aromatic amines is 1. The quantitative estimate of drug-likeness (QED) is 0.417. The standard InChI is InChI=1S/C20H15BrFN7/c21-16-13(22)6-7-14-18(16)29(12-4-2-1-3-5-12)15(28-14)8-9-23-19-17-20(25-10-24-17)27-11-26-19/h1-7,10-11H,8-9H2,(H2,23,24,25,26,27). The van der Waals surface area contributed by atoms with E-state index in [0.29, 0.717) is 34.4 Å². The van der Waals surface area contributed by atoms with Gasteiger partial charge in [-0.15, -0.1) is 0 Å². The van der Waals surface area contributed by atoms with Crippen LogP contribution in [-0.2, 0) is 6.42 Å². The highest BCUT2D eigenvalue weighted by molar-refractivity contribution is 9.10. The number of hydrogen-bond acceptors (Lipinski definition) is 5. The minimum absolute atomic E-state index is 0.318. The summed E-state index contributed by atoms with van der Waals surface area (Å²) < 4.78 is 16.6. The van der Waals surface area contributed by atoms with Crippen molar-refractivity contribution in [2.24, 2.45) is 0 Å². The van der Waals surface area contributed by atoms with Gasteiger partial charge in [-0.2, -0.15) is 0 Å². The normalized spacial score (nSPS) is 11.4. The second-order valence-corrected chi connectivity index (χ2v) is 7.22. The molecule has 0 aliphatic rings.